The molecule has 23 heavy (non-hydrogen) atoms. The van der Waals surface area contributed by atoms with Gasteiger partial charge in [0.2, 0.25) is 5.84 Å². The molecule has 0 saturated carbocycles. The molecule has 1 heterocycles. The number of hydrazone groups is 1. The Bertz CT molecular complexity index is 724. The van der Waals surface area contributed by atoms with Crippen LogP contribution in [0, 0.1) is 6.92 Å². The Kier molecular flexibility index (Phi) is 4.12. The second-order valence-corrected chi connectivity index (χ2v) is 5.66. The summed E-state index contributed by atoms with van der Waals surface area (Å²) in [4.78, 5) is 11.8. The molecule has 0 unspecified atom stereocenters. The lowest BCUT2D eigenvalue weighted by Crippen LogP contribution is -2.54. The first-order chi connectivity index (χ1) is 11.1. The fourth-order valence-electron chi connectivity index (χ4n) is 2.59. The zero-order valence-corrected chi connectivity index (χ0v) is 13.5. The van der Waals surface area contributed by atoms with Gasteiger partial charge in [-0.25, -0.2) is 10.4 Å². The summed E-state index contributed by atoms with van der Waals surface area (Å²) in [5.41, 5.74) is 6.53. The highest BCUT2D eigenvalue weighted by Gasteiger charge is 2.30. The minimum absolute atomic E-state index is 0.0800. The third-order valence-corrected chi connectivity index (χ3v) is 3.81. The van der Waals surface area contributed by atoms with E-state index in [0.29, 0.717) is 5.84 Å². The zero-order valence-electron chi connectivity index (χ0n) is 13.5. The number of likely N-dealkylation sites (N-methyl/N-ethyl adjacent to an activating group) is 1. The smallest absolute Gasteiger partial charge is 0.206 e. The van der Waals surface area contributed by atoms with Crippen LogP contribution in [0.15, 0.2) is 59.7 Å². The van der Waals surface area contributed by atoms with Crippen molar-refractivity contribution in [1.82, 2.24) is 10.4 Å². The van der Waals surface area contributed by atoms with E-state index in [1.165, 1.54) is 12.5 Å². The average Bonchev–Trinajstić information content (AvgIpc) is 2.56. The number of hydrogen-bond donors (Lipinski definition) is 1. The Morgan fingerprint density at radius 3 is 2.35 bits per heavy atom. The van der Waals surface area contributed by atoms with E-state index < -0.39 is 0 Å². The van der Waals surface area contributed by atoms with Crippen LogP contribution in [-0.2, 0) is 4.79 Å². The average molecular weight is 308 g/mol. The van der Waals surface area contributed by atoms with E-state index >= 15 is 0 Å². The number of hydrazine groups is 1. The number of hydrogen-bond acceptors (Lipinski definition) is 5. The molecule has 0 amide bonds. The standard InChI is InChI=1S/C18H20N4O/c1-13-9-11-16(12-10-13)22-18(15-7-5-4-6-8-15)19-21(3)17(20-22)14(2)23/h4-12,18-19H,1-3H3/t18-/m1/s1. The van der Waals surface area contributed by atoms with Crippen LogP contribution in [0.25, 0.3) is 0 Å². The number of carbonyl (C=O) groups excluding carboxylic acids is 1. The molecule has 1 N–H and O–H groups in total. The number of Topliss-reactive ketones (excluding diaryl/α,β-unsaturated/α-hetero) is 1. The van der Waals surface area contributed by atoms with Crippen molar-refractivity contribution in [3.8, 4) is 0 Å². The molecule has 0 aromatic heterocycles. The highest BCUT2D eigenvalue weighted by molar-refractivity contribution is 6.37. The summed E-state index contributed by atoms with van der Waals surface area (Å²) in [5, 5.41) is 8.12. The molecule has 5 heteroatoms. The number of nitrogens with one attached hydrogen (secondary N) is 1. The summed E-state index contributed by atoms with van der Waals surface area (Å²) in [6, 6.07) is 18.2. The number of aryl methyl sites for hydroxylation is 1. The van der Waals surface area contributed by atoms with Crippen molar-refractivity contribution in [3.63, 3.8) is 0 Å². The maximum absolute atomic E-state index is 11.8. The highest BCUT2D eigenvalue weighted by atomic mass is 16.1. The van der Waals surface area contributed by atoms with Gasteiger partial charge in [-0.05, 0) is 24.6 Å². The minimum Gasteiger partial charge on any atom is -0.291 e. The summed E-state index contributed by atoms with van der Waals surface area (Å²) >= 11 is 0. The Labute approximate surface area is 136 Å². The number of benzene rings is 2. The van der Waals surface area contributed by atoms with Crippen molar-refractivity contribution >= 4 is 17.3 Å². The Hall–Kier alpha value is -2.66. The Balaban J connectivity index is 2.07. The van der Waals surface area contributed by atoms with Crippen LogP contribution in [-0.4, -0.2) is 23.7 Å². The van der Waals surface area contributed by atoms with Crippen LogP contribution in [0.2, 0.25) is 0 Å². The van der Waals surface area contributed by atoms with Crippen LogP contribution in [0.3, 0.4) is 0 Å². The van der Waals surface area contributed by atoms with Gasteiger partial charge in [-0.3, -0.25) is 9.80 Å². The first-order valence-electron chi connectivity index (χ1n) is 7.56. The fraction of sp³-hybridized carbons (Fsp3) is 0.222. The van der Waals surface area contributed by atoms with Gasteiger partial charge in [0.15, 0.2) is 5.78 Å². The molecule has 0 radical (unpaired) electrons. The van der Waals surface area contributed by atoms with Crippen LogP contribution >= 0.6 is 0 Å². The Morgan fingerprint density at radius 2 is 1.74 bits per heavy atom. The Morgan fingerprint density at radius 1 is 1.09 bits per heavy atom. The van der Waals surface area contributed by atoms with E-state index in [4.69, 9.17) is 0 Å². The van der Waals surface area contributed by atoms with Gasteiger partial charge in [-0.1, -0.05) is 48.0 Å². The summed E-state index contributed by atoms with van der Waals surface area (Å²) in [7, 11) is 1.81. The topological polar surface area (TPSA) is 47.9 Å². The number of rotatable bonds is 3. The van der Waals surface area contributed by atoms with Crippen molar-refractivity contribution in [1.29, 1.82) is 0 Å². The summed E-state index contributed by atoms with van der Waals surface area (Å²) in [5.74, 6) is 0.307. The zero-order chi connectivity index (χ0) is 16.4. The van der Waals surface area contributed by atoms with E-state index in [1.807, 2.05) is 73.6 Å². The number of nitrogens with zero attached hydrogens (tertiary/aromatic N) is 3. The van der Waals surface area contributed by atoms with Crippen LogP contribution in [0.1, 0.15) is 24.2 Å². The van der Waals surface area contributed by atoms with Gasteiger partial charge in [0, 0.05) is 14.0 Å². The van der Waals surface area contributed by atoms with E-state index in [9.17, 15) is 4.79 Å². The molecular weight excluding hydrogens is 288 g/mol. The minimum atomic E-state index is -0.174. The third kappa shape index (κ3) is 3.10. The normalized spacial score (nSPS) is 17.9. The van der Waals surface area contributed by atoms with Gasteiger partial charge >= 0.3 is 0 Å². The molecule has 0 spiro atoms. The van der Waals surface area contributed by atoms with E-state index in [0.717, 1.165) is 11.3 Å². The molecule has 5 nitrogen and oxygen atoms in total. The maximum Gasteiger partial charge on any atom is 0.206 e. The molecule has 2 aromatic carbocycles. The molecule has 0 fully saturated rings. The van der Waals surface area contributed by atoms with Crippen LogP contribution in [0.4, 0.5) is 5.69 Å². The van der Waals surface area contributed by atoms with E-state index in [1.54, 1.807) is 5.01 Å². The van der Waals surface area contributed by atoms with Gasteiger partial charge in [-0.15, -0.1) is 5.10 Å². The predicted octanol–water partition coefficient (Wildman–Crippen LogP) is 2.85. The quantitative estimate of drug-likeness (QED) is 0.947. The summed E-state index contributed by atoms with van der Waals surface area (Å²) in [6.07, 6.45) is -0.174. The number of carbonyl (C=O) groups is 1. The van der Waals surface area contributed by atoms with Gasteiger partial charge in [0.1, 0.15) is 6.17 Å². The fourth-order valence-corrected chi connectivity index (χ4v) is 2.59. The second-order valence-electron chi connectivity index (χ2n) is 5.66. The first kappa shape index (κ1) is 15.2. The van der Waals surface area contributed by atoms with Crippen molar-refractivity contribution in [2.75, 3.05) is 12.1 Å². The lowest BCUT2D eigenvalue weighted by molar-refractivity contribution is -0.112. The summed E-state index contributed by atoms with van der Waals surface area (Å²) < 4.78 is 0. The van der Waals surface area contributed by atoms with Crippen LogP contribution in [0.5, 0.6) is 0 Å². The lowest BCUT2D eigenvalue weighted by Gasteiger charge is -2.39. The van der Waals surface area contributed by atoms with Gasteiger partial charge in [-0.2, -0.15) is 0 Å². The van der Waals surface area contributed by atoms with Gasteiger partial charge in [0.25, 0.3) is 0 Å². The number of amidine groups is 1. The molecule has 1 atom stereocenters. The number of anilines is 1. The largest absolute Gasteiger partial charge is 0.291 e. The lowest BCUT2D eigenvalue weighted by atomic mass is 10.1. The molecule has 1 aliphatic rings. The third-order valence-electron chi connectivity index (χ3n) is 3.81. The van der Waals surface area contributed by atoms with Gasteiger partial charge < -0.3 is 0 Å². The predicted molar refractivity (Wildman–Crippen MR) is 91.9 cm³/mol. The molecular formula is C18H20N4O. The van der Waals surface area contributed by atoms with Crippen molar-refractivity contribution in [3.05, 3.63) is 65.7 Å². The SMILES string of the molecule is CC(=O)C1=NN(c2ccc(C)cc2)[C@H](c2ccccc2)NN1C. The van der Waals surface area contributed by atoms with E-state index in [-0.39, 0.29) is 11.9 Å². The molecule has 2 aromatic rings. The highest BCUT2D eigenvalue weighted by Crippen LogP contribution is 2.28. The molecule has 0 aliphatic carbocycles. The molecule has 1 aliphatic heterocycles. The number of ketones is 1. The first-order valence-corrected chi connectivity index (χ1v) is 7.56. The monoisotopic (exact) mass is 308 g/mol. The van der Waals surface area contributed by atoms with Crippen LogP contribution < -0.4 is 10.4 Å². The molecule has 3 rings (SSSR count). The second kappa shape index (κ2) is 6.22. The van der Waals surface area contributed by atoms with Crippen molar-refractivity contribution < 1.29 is 4.79 Å². The molecule has 0 saturated heterocycles. The maximum atomic E-state index is 11.8. The van der Waals surface area contributed by atoms with Crippen molar-refractivity contribution in [2.45, 2.75) is 20.0 Å². The summed E-state index contributed by atoms with van der Waals surface area (Å²) in [6.45, 7) is 3.57. The van der Waals surface area contributed by atoms with Crippen molar-refractivity contribution in [2.24, 2.45) is 5.10 Å². The van der Waals surface area contributed by atoms with Gasteiger partial charge in [0.05, 0.1) is 5.69 Å². The molecule has 0 bridgehead atoms. The van der Waals surface area contributed by atoms with E-state index in [2.05, 4.69) is 10.5 Å². The molecule has 118 valence electrons.